The first-order valence-corrected chi connectivity index (χ1v) is 5.90. The number of pyridine rings is 1. The van der Waals surface area contributed by atoms with Crippen LogP contribution in [-0.2, 0) is 11.3 Å². The summed E-state index contributed by atoms with van der Waals surface area (Å²) in [6, 6.07) is 3.58. The number of carbonyl (C=O) groups is 1. The third-order valence-electron chi connectivity index (χ3n) is 2.15. The molecule has 2 aromatic heterocycles. The van der Waals surface area contributed by atoms with E-state index in [9.17, 15) is 4.79 Å². The predicted octanol–water partition coefficient (Wildman–Crippen LogP) is 2.07. The van der Waals surface area contributed by atoms with Crippen molar-refractivity contribution >= 4 is 27.7 Å². The lowest BCUT2D eigenvalue weighted by molar-refractivity contribution is -0.116. The summed E-state index contributed by atoms with van der Waals surface area (Å²) < 4.78 is 2.74. The van der Waals surface area contributed by atoms with Gasteiger partial charge in [0, 0.05) is 36.0 Å². The van der Waals surface area contributed by atoms with Gasteiger partial charge < -0.3 is 9.88 Å². The number of carbonyl (C=O) groups excluding carboxylic acids is 1. The van der Waals surface area contributed by atoms with E-state index in [0.29, 0.717) is 18.8 Å². The Morgan fingerprint density at radius 2 is 2.35 bits per heavy atom. The molecule has 1 amide bonds. The van der Waals surface area contributed by atoms with Crippen LogP contribution < -0.4 is 5.32 Å². The van der Waals surface area contributed by atoms with Gasteiger partial charge in [-0.2, -0.15) is 0 Å². The monoisotopic (exact) mass is 294 g/mol. The molecule has 1 N–H and O–H groups in total. The molecule has 0 saturated carbocycles. The molecule has 0 aromatic carbocycles. The minimum Gasteiger partial charge on any atom is -0.337 e. The van der Waals surface area contributed by atoms with Crippen molar-refractivity contribution in [2.75, 3.05) is 5.32 Å². The molecular formula is C11H11BrN4O. The van der Waals surface area contributed by atoms with Gasteiger partial charge in [0.05, 0.1) is 6.33 Å². The normalized spacial score (nSPS) is 10.2. The Hall–Kier alpha value is -1.69. The zero-order valence-corrected chi connectivity index (χ0v) is 10.6. The van der Waals surface area contributed by atoms with E-state index in [-0.39, 0.29) is 5.91 Å². The number of imidazole rings is 1. The quantitative estimate of drug-likeness (QED) is 0.939. The summed E-state index contributed by atoms with van der Waals surface area (Å²) in [6.45, 7) is 0.613. The number of aromatic nitrogens is 3. The van der Waals surface area contributed by atoms with E-state index >= 15 is 0 Å². The van der Waals surface area contributed by atoms with Crippen LogP contribution in [0.3, 0.4) is 0 Å². The molecule has 88 valence electrons. The molecule has 0 bridgehead atoms. The van der Waals surface area contributed by atoms with Gasteiger partial charge in [-0.3, -0.25) is 4.79 Å². The Bertz CT molecular complexity index is 481. The average molecular weight is 295 g/mol. The third-order valence-corrected chi connectivity index (χ3v) is 2.62. The van der Waals surface area contributed by atoms with E-state index < -0.39 is 0 Å². The second-order valence-electron chi connectivity index (χ2n) is 3.46. The predicted molar refractivity (Wildman–Crippen MR) is 67.4 cm³/mol. The van der Waals surface area contributed by atoms with Gasteiger partial charge in [-0.15, -0.1) is 0 Å². The topological polar surface area (TPSA) is 59.8 Å². The Kier molecular flexibility index (Phi) is 3.87. The van der Waals surface area contributed by atoms with Crippen LogP contribution in [0.4, 0.5) is 5.82 Å². The lowest BCUT2D eigenvalue weighted by Crippen LogP contribution is -2.14. The van der Waals surface area contributed by atoms with Gasteiger partial charge in [0.25, 0.3) is 0 Å². The number of aryl methyl sites for hydroxylation is 1. The SMILES string of the molecule is O=C(CCn1ccnc1)Nc1ccc(Br)cn1. The molecule has 0 aliphatic heterocycles. The van der Waals surface area contributed by atoms with Crippen molar-refractivity contribution < 1.29 is 4.79 Å². The van der Waals surface area contributed by atoms with Gasteiger partial charge in [-0.25, -0.2) is 9.97 Å². The maximum absolute atomic E-state index is 11.6. The molecule has 0 atom stereocenters. The van der Waals surface area contributed by atoms with Crippen LogP contribution in [0.15, 0.2) is 41.5 Å². The number of anilines is 1. The van der Waals surface area contributed by atoms with Crippen LogP contribution in [0.2, 0.25) is 0 Å². The first-order valence-electron chi connectivity index (χ1n) is 5.11. The highest BCUT2D eigenvalue weighted by Gasteiger charge is 2.03. The number of nitrogens with zero attached hydrogens (tertiary/aromatic N) is 3. The highest BCUT2D eigenvalue weighted by atomic mass is 79.9. The van der Waals surface area contributed by atoms with Crippen molar-refractivity contribution in [3.8, 4) is 0 Å². The summed E-state index contributed by atoms with van der Waals surface area (Å²) in [6.07, 6.45) is 7.24. The minimum absolute atomic E-state index is 0.0616. The fourth-order valence-electron chi connectivity index (χ4n) is 1.30. The summed E-state index contributed by atoms with van der Waals surface area (Å²) in [5, 5.41) is 2.73. The Balaban J connectivity index is 1.83. The van der Waals surface area contributed by atoms with Gasteiger partial charge in [0.1, 0.15) is 5.82 Å². The Morgan fingerprint density at radius 1 is 1.47 bits per heavy atom. The molecule has 17 heavy (non-hydrogen) atoms. The van der Waals surface area contributed by atoms with E-state index in [1.807, 2.05) is 16.8 Å². The number of nitrogens with one attached hydrogen (secondary N) is 1. The standard InChI is InChI=1S/C11H11BrN4O/c12-9-1-2-10(14-7-9)15-11(17)3-5-16-6-4-13-8-16/h1-2,4,6-8H,3,5H2,(H,14,15,17). The molecule has 0 fully saturated rings. The Labute approximate surface area is 107 Å². The summed E-state index contributed by atoms with van der Waals surface area (Å²) in [7, 11) is 0. The lowest BCUT2D eigenvalue weighted by atomic mass is 10.4. The first-order chi connectivity index (χ1) is 8.24. The number of hydrogen-bond donors (Lipinski definition) is 1. The van der Waals surface area contributed by atoms with Crippen LogP contribution in [0.5, 0.6) is 0 Å². The first kappa shape index (κ1) is 11.8. The number of halogens is 1. The number of amides is 1. The van der Waals surface area contributed by atoms with Crippen molar-refractivity contribution in [1.82, 2.24) is 14.5 Å². The molecule has 0 radical (unpaired) electrons. The largest absolute Gasteiger partial charge is 0.337 e. The van der Waals surface area contributed by atoms with Crippen molar-refractivity contribution in [2.24, 2.45) is 0 Å². The van der Waals surface area contributed by atoms with Crippen molar-refractivity contribution in [3.63, 3.8) is 0 Å². The lowest BCUT2D eigenvalue weighted by Gasteiger charge is -2.04. The van der Waals surface area contributed by atoms with Crippen molar-refractivity contribution in [1.29, 1.82) is 0 Å². The van der Waals surface area contributed by atoms with Crippen LogP contribution in [0.1, 0.15) is 6.42 Å². The molecule has 0 aliphatic rings. The van der Waals surface area contributed by atoms with E-state index in [1.165, 1.54) is 0 Å². The zero-order valence-electron chi connectivity index (χ0n) is 9.01. The average Bonchev–Trinajstić information content (AvgIpc) is 2.83. The van der Waals surface area contributed by atoms with Gasteiger partial charge >= 0.3 is 0 Å². The van der Waals surface area contributed by atoms with Crippen LogP contribution >= 0.6 is 15.9 Å². The minimum atomic E-state index is -0.0616. The molecule has 2 rings (SSSR count). The molecule has 5 nitrogen and oxygen atoms in total. The fraction of sp³-hybridized carbons (Fsp3) is 0.182. The van der Waals surface area contributed by atoms with Crippen molar-refractivity contribution in [3.05, 3.63) is 41.5 Å². The van der Waals surface area contributed by atoms with E-state index in [0.717, 1.165) is 4.47 Å². The Morgan fingerprint density at radius 3 is 3.00 bits per heavy atom. The maximum atomic E-state index is 11.6. The van der Waals surface area contributed by atoms with Crippen LogP contribution in [0, 0.1) is 0 Å². The van der Waals surface area contributed by atoms with E-state index in [4.69, 9.17) is 0 Å². The van der Waals surface area contributed by atoms with Gasteiger partial charge in [0.15, 0.2) is 0 Å². The summed E-state index contributed by atoms with van der Waals surface area (Å²) in [4.78, 5) is 19.6. The highest BCUT2D eigenvalue weighted by molar-refractivity contribution is 9.10. The maximum Gasteiger partial charge on any atom is 0.227 e. The zero-order chi connectivity index (χ0) is 12.1. The van der Waals surface area contributed by atoms with Gasteiger partial charge in [-0.1, -0.05) is 0 Å². The van der Waals surface area contributed by atoms with Gasteiger partial charge in [-0.05, 0) is 28.1 Å². The number of rotatable bonds is 4. The second-order valence-corrected chi connectivity index (χ2v) is 4.38. The fourth-order valence-corrected chi connectivity index (χ4v) is 1.54. The highest BCUT2D eigenvalue weighted by Crippen LogP contribution is 2.10. The summed E-state index contributed by atoms with van der Waals surface area (Å²) in [5.41, 5.74) is 0. The summed E-state index contributed by atoms with van der Waals surface area (Å²) in [5.74, 6) is 0.498. The summed E-state index contributed by atoms with van der Waals surface area (Å²) >= 11 is 3.28. The smallest absolute Gasteiger partial charge is 0.227 e. The van der Waals surface area contributed by atoms with Crippen LogP contribution in [0.25, 0.3) is 0 Å². The molecule has 0 saturated heterocycles. The van der Waals surface area contributed by atoms with E-state index in [2.05, 4.69) is 31.2 Å². The molecule has 2 heterocycles. The molecular weight excluding hydrogens is 284 g/mol. The number of hydrogen-bond acceptors (Lipinski definition) is 3. The van der Waals surface area contributed by atoms with Gasteiger partial charge in [0.2, 0.25) is 5.91 Å². The van der Waals surface area contributed by atoms with E-state index in [1.54, 1.807) is 24.8 Å². The molecule has 2 aromatic rings. The van der Waals surface area contributed by atoms with Crippen LogP contribution in [-0.4, -0.2) is 20.4 Å². The third kappa shape index (κ3) is 3.67. The molecule has 6 heteroatoms. The second kappa shape index (κ2) is 5.58. The molecule has 0 aliphatic carbocycles. The molecule has 0 spiro atoms. The van der Waals surface area contributed by atoms with Crippen molar-refractivity contribution in [2.45, 2.75) is 13.0 Å². The molecule has 0 unspecified atom stereocenters.